The van der Waals surface area contributed by atoms with Gasteiger partial charge in [-0.05, 0) is 41.3 Å². The van der Waals surface area contributed by atoms with E-state index in [-0.39, 0.29) is 5.69 Å². The van der Waals surface area contributed by atoms with E-state index in [1.54, 1.807) is 12.1 Å². The van der Waals surface area contributed by atoms with Gasteiger partial charge in [-0.15, -0.1) is 0 Å². The Hall–Kier alpha value is -1.59. The molecule has 0 radical (unpaired) electrons. The van der Waals surface area contributed by atoms with Gasteiger partial charge in [-0.2, -0.15) is 0 Å². The molecule has 0 saturated heterocycles. The first kappa shape index (κ1) is 16.8. The third kappa shape index (κ3) is 3.78. The van der Waals surface area contributed by atoms with Gasteiger partial charge < -0.3 is 9.79 Å². The van der Waals surface area contributed by atoms with Gasteiger partial charge in [0.15, 0.2) is 0 Å². The van der Waals surface area contributed by atoms with E-state index < -0.39 is 11.4 Å². The topological polar surface area (TPSA) is 83.6 Å². The number of hydrogen-bond acceptors (Lipinski definition) is 3. The fourth-order valence-corrected chi connectivity index (χ4v) is 4.24. The van der Waals surface area contributed by atoms with Crippen molar-refractivity contribution in [3.63, 3.8) is 0 Å². The van der Waals surface area contributed by atoms with E-state index in [4.69, 9.17) is 11.8 Å². The summed E-state index contributed by atoms with van der Waals surface area (Å²) in [5.74, 6) is 0. The van der Waals surface area contributed by atoms with Gasteiger partial charge in [0.2, 0.25) is 6.49 Å². The van der Waals surface area contributed by atoms with Gasteiger partial charge >= 0.3 is 0 Å². The minimum atomic E-state index is -3.55. The molecule has 5 nitrogen and oxygen atoms in total. The SMILES string of the molecule is CCc1cccc(Cc2ccc([N+](=O)[O-])cc2)c1P(O)(O)=S. The maximum Gasteiger partial charge on any atom is 0.269 e. The van der Waals surface area contributed by atoms with Crippen molar-refractivity contribution in [2.45, 2.75) is 19.8 Å². The lowest BCUT2D eigenvalue weighted by atomic mass is 10.0. The van der Waals surface area contributed by atoms with Crippen LogP contribution in [-0.2, 0) is 24.6 Å². The van der Waals surface area contributed by atoms with Gasteiger partial charge in [-0.1, -0.05) is 37.3 Å². The molecule has 0 aliphatic carbocycles. The molecule has 0 aliphatic rings. The molecule has 0 amide bonds. The van der Waals surface area contributed by atoms with E-state index in [9.17, 15) is 19.9 Å². The molecule has 2 aromatic rings. The standard InChI is InChI=1S/C15H16NO4PS/c1-2-12-4-3-5-13(15(12)21(19,20)22)10-11-6-8-14(9-7-11)16(17)18/h3-9H,2,10H2,1H3,(H2,19,20,22). The summed E-state index contributed by atoms with van der Waals surface area (Å²) in [6.45, 7) is -1.62. The third-order valence-corrected chi connectivity index (χ3v) is 5.12. The monoisotopic (exact) mass is 337 g/mol. The molecule has 116 valence electrons. The fourth-order valence-electron chi connectivity index (χ4n) is 2.40. The van der Waals surface area contributed by atoms with Gasteiger partial charge in [0.05, 0.1) is 4.92 Å². The Bertz CT molecular complexity index is 740. The highest BCUT2D eigenvalue weighted by atomic mass is 32.5. The summed E-state index contributed by atoms with van der Waals surface area (Å²) in [4.78, 5) is 30.2. The van der Waals surface area contributed by atoms with Crippen LogP contribution in [0.3, 0.4) is 0 Å². The molecule has 0 atom stereocenters. The molecule has 0 saturated carbocycles. The molecule has 0 aromatic heterocycles. The van der Waals surface area contributed by atoms with Crippen molar-refractivity contribution in [1.29, 1.82) is 0 Å². The largest absolute Gasteiger partial charge is 0.342 e. The Kier molecular flexibility index (Phi) is 5.08. The summed E-state index contributed by atoms with van der Waals surface area (Å²) < 4.78 is 0. The maximum absolute atomic E-state index is 10.7. The molecule has 0 spiro atoms. The van der Waals surface area contributed by atoms with Gasteiger partial charge in [0.25, 0.3) is 5.69 Å². The molecular weight excluding hydrogens is 321 g/mol. The molecule has 0 aliphatic heterocycles. The van der Waals surface area contributed by atoms with Crippen LogP contribution in [0.25, 0.3) is 0 Å². The second-order valence-corrected chi connectivity index (χ2v) is 7.99. The molecule has 2 aromatic carbocycles. The van der Waals surface area contributed by atoms with Crippen LogP contribution in [0.15, 0.2) is 42.5 Å². The first-order chi connectivity index (χ1) is 10.3. The number of non-ortho nitro benzene ring substituents is 1. The van der Waals surface area contributed by atoms with Crippen molar-refractivity contribution in [3.05, 3.63) is 69.3 Å². The number of nitro benzene ring substituents is 1. The second-order valence-electron chi connectivity index (χ2n) is 4.92. The van der Waals surface area contributed by atoms with E-state index in [0.29, 0.717) is 18.1 Å². The highest BCUT2D eigenvalue weighted by molar-refractivity contribution is 8.12. The molecule has 7 heteroatoms. The zero-order valence-electron chi connectivity index (χ0n) is 12.0. The quantitative estimate of drug-likeness (QED) is 0.498. The van der Waals surface area contributed by atoms with Crippen LogP contribution in [0.1, 0.15) is 23.6 Å². The predicted molar refractivity (Wildman–Crippen MR) is 90.1 cm³/mol. The summed E-state index contributed by atoms with van der Waals surface area (Å²) >= 11 is 4.90. The average molecular weight is 337 g/mol. The third-order valence-electron chi connectivity index (χ3n) is 3.42. The molecular formula is C15H16NO4PS. The van der Waals surface area contributed by atoms with E-state index in [2.05, 4.69) is 0 Å². The molecule has 22 heavy (non-hydrogen) atoms. The minimum absolute atomic E-state index is 0.0284. The van der Waals surface area contributed by atoms with Crippen LogP contribution in [0.2, 0.25) is 0 Å². The Morgan fingerprint density at radius 3 is 2.23 bits per heavy atom. The zero-order chi connectivity index (χ0) is 16.3. The highest BCUT2D eigenvalue weighted by Crippen LogP contribution is 2.37. The number of hydrogen-bond donors (Lipinski definition) is 2. The molecule has 0 unspecified atom stereocenters. The normalized spacial score (nSPS) is 11.4. The van der Waals surface area contributed by atoms with Gasteiger partial charge in [-0.3, -0.25) is 10.1 Å². The lowest BCUT2D eigenvalue weighted by Gasteiger charge is -2.17. The number of rotatable bonds is 5. The second kappa shape index (κ2) is 6.67. The minimum Gasteiger partial charge on any atom is -0.342 e. The molecule has 2 N–H and O–H groups in total. The van der Waals surface area contributed by atoms with Crippen molar-refractivity contribution in [3.8, 4) is 0 Å². The number of benzene rings is 2. The zero-order valence-corrected chi connectivity index (χ0v) is 13.7. The van der Waals surface area contributed by atoms with E-state index in [1.807, 2.05) is 25.1 Å². The van der Waals surface area contributed by atoms with Crippen molar-refractivity contribution < 1.29 is 14.7 Å². The lowest BCUT2D eigenvalue weighted by Crippen LogP contribution is -2.16. The van der Waals surface area contributed by atoms with Crippen LogP contribution in [-0.4, -0.2) is 14.7 Å². The van der Waals surface area contributed by atoms with Crippen molar-refractivity contribution in [2.75, 3.05) is 0 Å². The summed E-state index contributed by atoms with van der Waals surface area (Å²) in [5, 5.41) is 11.1. The molecule has 0 bridgehead atoms. The number of aryl methyl sites for hydroxylation is 1. The van der Waals surface area contributed by atoms with Crippen LogP contribution in [0.4, 0.5) is 5.69 Å². The van der Waals surface area contributed by atoms with Crippen molar-refractivity contribution in [1.82, 2.24) is 0 Å². The first-order valence-electron chi connectivity index (χ1n) is 6.73. The van der Waals surface area contributed by atoms with Crippen LogP contribution in [0, 0.1) is 10.1 Å². The number of nitrogens with zero attached hydrogens (tertiary/aromatic N) is 1. The molecule has 0 heterocycles. The van der Waals surface area contributed by atoms with E-state index in [1.165, 1.54) is 12.1 Å². The highest BCUT2D eigenvalue weighted by Gasteiger charge is 2.20. The smallest absolute Gasteiger partial charge is 0.269 e. The summed E-state index contributed by atoms with van der Waals surface area (Å²) in [6.07, 6.45) is 1.10. The van der Waals surface area contributed by atoms with Crippen LogP contribution >= 0.6 is 6.49 Å². The Morgan fingerprint density at radius 1 is 1.14 bits per heavy atom. The Morgan fingerprint density at radius 2 is 1.73 bits per heavy atom. The van der Waals surface area contributed by atoms with Gasteiger partial charge in [0.1, 0.15) is 0 Å². The average Bonchev–Trinajstić information content (AvgIpc) is 2.46. The summed E-state index contributed by atoms with van der Waals surface area (Å²) in [5.41, 5.74) is 2.46. The Balaban J connectivity index is 2.41. The Labute approximate surface area is 133 Å². The van der Waals surface area contributed by atoms with Crippen molar-refractivity contribution >= 4 is 29.3 Å². The first-order valence-corrected chi connectivity index (χ1v) is 9.44. The molecule has 2 rings (SSSR count). The molecule has 0 fully saturated rings. The van der Waals surface area contributed by atoms with Crippen molar-refractivity contribution in [2.24, 2.45) is 0 Å². The maximum atomic E-state index is 10.7. The predicted octanol–water partition coefficient (Wildman–Crippen LogP) is 2.67. The van der Waals surface area contributed by atoms with Gasteiger partial charge in [-0.25, -0.2) is 0 Å². The van der Waals surface area contributed by atoms with E-state index >= 15 is 0 Å². The lowest BCUT2D eigenvalue weighted by molar-refractivity contribution is -0.384. The number of nitro groups is 1. The summed E-state index contributed by atoms with van der Waals surface area (Å²) in [6, 6.07) is 11.7. The fraction of sp³-hybridized carbons (Fsp3) is 0.200. The summed E-state index contributed by atoms with van der Waals surface area (Å²) in [7, 11) is 0. The van der Waals surface area contributed by atoms with Gasteiger partial charge in [0, 0.05) is 17.4 Å². The van der Waals surface area contributed by atoms with E-state index in [0.717, 1.165) is 16.7 Å². The van der Waals surface area contributed by atoms with Crippen LogP contribution < -0.4 is 5.30 Å². The van der Waals surface area contributed by atoms with Crippen LogP contribution in [0.5, 0.6) is 0 Å².